The number of benzene rings is 1. The number of hydrogen-bond acceptors (Lipinski definition) is 3. The fourth-order valence-electron chi connectivity index (χ4n) is 4.73. The Morgan fingerprint density at radius 2 is 1.89 bits per heavy atom. The van der Waals surface area contributed by atoms with Crippen LogP contribution in [-0.4, -0.2) is 45.8 Å². The highest BCUT2D eigenvalue weighted by Gasteiger charge is 2.54. The van der Waals surface area contributed by atoms with E-state index in [4.69, 9.17) is 4.84 Å². The van der Waals surface area contributed by atoms with Gasteiger partial charge in [-0.3, -0.25) is 4.84 Å². The number of amides is 1. The molecule has 5 heteroatoms. The van der Waals surface area contributed by atoms with Crippen molar-refractivity contribution in [1.29, 1.82) is 0 Å². The molecule has 1 heterocycles. The zero-order valence-electron chi connectivity index (χ0n) is 18.6. The molecule has 0 spiro atoms. The van der Waals surface area contributed by atoms with Crippen LogP contribution in [0.5, 0.6) is 0 Å². The summed E-state index contributed by atoms with van der Waals surface area (Å²) in [6.45, 7) is 13.9. The summed E-state index contributed by atoms with van der Waals surface area (Å²) in [5, 5.41) is 11.6. The van der Waals surface area contributed by atoms with Gasteiger partial charge in [-0.05, 0) is 57.4 Å². The van der Waals surface area contributed by atoms with Gasteiger partial charge in [0.15, 0.2) is 0 Å². The lowest BCUT2D eigenvalue weighted by molar-refractivity contribution is -0.332. The molecule has 5 nitrogen and oxygen atoms in total. The quantitative estimate of drug-likeness (QED) is 0.660. The fraction of sp³-hybridized carbons (Fsp3) is 0.696. The van der Waals surface area contributed by atoms with E-state index < -0.39 is 6.09 Å². The molecule has 0 radical (unpaired) electrons. The highest BCUT2D eigenvalue weighted by Crippen LogP contribution is 2.49. The van der Waals surface area contributed by atoms with Crippen molar-refractivity contribution in [3.8, 4) is 0 Å². The van der Waals surface area contributed by atoms with E-state index in [2.05, 4.69) is 58.7 Å². The van der Waals surface area contributed by atoms with E-state index in [0.717, 1.165) is 19.3 Å². The smallest absolute Gasteiger partial charge is 0.407 e. The molecule has 1 saturated heterocycles. The maximum Gasteiger partial charge on any atom is 0.407 e. The third-order valence-corrected chi connectivity index (χ3v) is 7.19. The van der Waals surface area contributed by atoms with Gasteiger partial charge in [0.25, 0.3) is 0 Å². The van der Waals surface area contributed by atoms with Gasteiger partial charge in [0.1, 0.15) is 6.10 Å². The molecular weight excluding hydrogens is 352 g/mol. The molecule has 5 atom stereocenters. The minimum Gasteiger partial charge on any atom is -0.465 e. The summed E-state index contributed by atoms with van der Waals surface area (Å²) in [6.07, 6.45) is 1.91. The summed E-state index contributed by atoms with van der Waals surface area (Å²) in [5.41, 5.74) is 0.847. The van der Waals surface area contributed by atoms with Crippen LogP contribution in [0.2, 0.25) is 0 Å². The molecule has 0 aromatic heterocycles. The number of hydrogen-bond donors (Lipinski definition) is 1. The van der Waals surface area contributed by atoms with Crippen LogP contribution < -0.4 is 0 Å². The normalized spacial score (nSPS) is 32.1. The molecule has 0 bridgehead atoms. The number of hydroxylamine groups is 2. The summed E-state index contributed by atoms with van der Waals surface area (Å²) in [5.74, 6) is 0.602. The monoisotopic (exact) mass is 390 g/mol. The molecule has 1 aromatic carbocycles. The van der Waals surface area contributed by atoms with Crippen LogP contribution in [0.3, 0.4) is 0 Å². The second-order valence-electron chi connectivity index (χ2n) is 8.93. The predicted octanol–water partition coefficient (Wildman–Crippen LogP) is 5.58. The number of carboxylic acid groups (broad SMARTS) is 1. The first-order valence-electron chi connectivity index (χ1n) is 10.5. The van der Waals surface area contributed by atoms with Gasteiger partial charge in [0, 0.05) is 24.7 Å². The van der Waals surface area contributed by atoms with Crippen LogP contribution in [0.4, 0.5) is 4.79 Å². The Hall–Kier alpha value is -1.59. The van der Waals surface area contributed by atoms with Gasteiger partial charge in [0.05, 0.1) is 0 Å². The summed E-state index contributed by atoms with van der Waals surface area (Å²) < 4.78 is 0. The van der Waals surface area contributed by atoms with E-state index in [1.54, 1.807) is 7.05 Å². The molecule has 1 aliphatic rings. The largest absolute Gasteiger partial charge is 0.465 e. The van der Waals surface area contributed by atoms with E-state index in [1.165, 1.54) is 10.5 Å². The summed E-state index contributed by atoms with van der Waals surface area (Å²) in [6, 6.07) is 10.3. The van der Waals surface area contributed by atoms with Crippen LogP contribution in [0.1, 0.15) is 72.5 Å². The van der Waals surface area contributed by atoms with Crippen molar-refractivity contribution in [3.63, 3.8) is 0 Å². The molecule has 1 aromatic rings. The Labute approximate surface area is 170 Å². The Kier molecular flexibility index (Phi) is 7.16. The van der Waals surface area contributed by atoms with E-state index >= 15 is 0 Å². The number of carbonyl (C=O) groups is 1. The minimum atomic E-state index is -0.861. The van der Waals surface area contributed by atoms with Crippen LogP contribution in [0.25, 0.3) is 0 Å². The molecule has 0 aliphatic carbocycles. The summed E-state index contributed by atoms with van der Waals surface area (Å²) >= 11 is 0. The molecular formula is C23H38N2O3. The van der Waals surface area contributed by atoms with Crippen LogP contribution in [-0.2, 0) is 4.84 Å². The van der Waals surface area contributed by atoms with Crippen molar-refractivity contribution >= 4 is 6.09 Å². The van der Waals surface area contributed by atoms with Gasteiger partial charge in [-0.25, -0.2) is 4.79 Å². The van der Waals surface area contributed by atoms with Gasteiger partial charge in [0.2, 0.25) is 0 Å². The first-order chi connectivity index (χ1) is 13.1. The lowest BCUT2D eigenvalue weighted by atomic mass is 9.65. The van der Waals surface area contributed by atoms with Crippen molar-refractivity contribution in [3.05, 3.63) is 35.9 Å². The highest BCUT2D eigenvalue weighted by molar-refractivity contribution is 5.64. The minimum absolute atomic E-state index is 0.0385. The van der Waals surface area contributed by atoms with Gasteiger partial charge in [-0.1, -0.05) is 51.1 Å². The predicted molar refractivity (Wildman–Crippen MR) is 113 cm³/mol. The number of nitrogens with zero attached hydrogens (tertiary/aromatic N) is 2. The first-order valence-corrected chi connectivity index (χ1v) is 10.5. The Balaban J connectivity index is 2.34. The molecule has 5 unspecified atom stereocenters. The molecule has 158 valence electrons. The van der Waals surface area contributed by atoms with Crippen LogP contribution >= 0.6 is 0 Å². The molecule has 1 fully saturated rings. The van der Waals surface area contributed by atoms with Crippen LogP contribution in [0, 0.1) is 11.8 Å². The van der Waals surface area contributed by atoms with E-state index in [0.29, 0.717) is 18.4 Å². The van der Waals surface area contributed by atoms with Crippen molar-refractivity contribution in [2.45, 2.75) is 78.0 Å². The molecule has 1 N–H and O–H groups in total. The summed E-state index contributed by atoms with van der Waals surface area (Å²) in [4.78, 5) is 19.5. The highest BCUT2D eigenvalue weighted by atomic mass is 16.7. The van der Waals surface area contributed by atoms with Gasteiger partial charge >= 0.3 is 6.09 Å². The van der Waals surface area contributed by atoms with E-state index in [1.807, 2.05) is 18.2 Å². The Morgan fingerprint density at radius 1 is 1.29 bits per heavy atom. The first kappa shape index (κ1) is 22.7. The lowest BCUT2D eigenvalue weighted by Gasteiger charge is -2.60. The van der Waals surface area contributed by atoms with Crippen molar-refractivity contribution < 1.29 is 14.7 Å². The Bertz CT molecular complexity index is 653. The molecule has 0 saturated carbocycles. The van der Waals surface area contributed by atoms with Crippen molar-refractivity contribution in [2.24, 2.45) is 11.8 Å². The zero-order valence-corrected chi connectivity index (χ0v) is 18.6. The zero-order chi connectivity index (χ0) is 21.1. The molecule has 1 aliphatic heterocycles. The average molecular weight is 391 g/mol. The van der Waals surface area contributed by atoms with Gasteiger partial charge in [-0.15, -0.1) is 0 Å². The van der Waals surface area contributed by atoms with Gasteiger partial charge in [-0.2, -0.15) is 5.06 Å². The maximum atomic E-state index is 11.4. The third-order valence-electron chi connectivity index (χ3n) is 7.19. The standard InChI is InChI=1S/C23H38N2O3/c1-8-22(5)15-20(16-24(7)21(26)27)17(3)23(6,9-2)25(22)28-18(4)19-13-11-10-12-14-19/h10-14,17-18,20H,8-9,15-16H2,1-7H3,(H,26,27). The maximum absolute atomic E-state index is 11.4. The van der Waals surface area contributed by atoms with E-state index in [-0.39, 0.29) is 17.2 Å². The second kappa shape index (κ2) is 8.83. The topological polar surface area (TPSA) is 53.0 Å². The number of rotatable bonds is 7. The van der Waals surface area contributed by atoms with Crippen LogP contribution in [0.15, 0.2) is 30.3 Å². The van der Waals surface area contributed by atoms with Crippen molar-refractivity contribution in [1.82, 2.24) is 9.96 Å². The fourth-order valence-corrected chi connectivity index (χ4v) is 4.73. The SMILES string of the molecule is CCC1(C)CC(CN(C)C(=O)O)C(C)C(C)(CC)N1OC(C)c1ccccc1. The van der Waals surface area contributed by atoms with E-state index in [9.17, 15) is 9.90 Å². The average Bonchev–Trinajstić information content (AvgIpc) is 2.69. The molecule has 2 rings (SSSR count). The van der Waals surface area contributed by atoms with Gasteiger partial charge < -0.3 is 10.0 Å². The third kappa shape index (κ3) is 4.36. The molecule has 1 amide bonds. The second-order valence-corrected chi connectivity index (χ2v) is 8.93. The molecule has 28 heavy (non-hydrogen) atoms. The Morgan fingerprint density at radius 3 is 2.39 bits per heavy atom. The number of piperidine rings is 1. The lowest BCUT2D eigenvalue weighted by Crippen LogP contribution is -2.67. The van der Waals surface area contributed by atoms with Crippen molar-refractivity contribution in [2.75, 3.05) is 13.6 Å². The summed E-state index contributed by atoms with van der Waals surface area (Å²) in [7, 11) is 1.67.